The summed E-state index contributed by atoms with van der Waals surface area (Å²) in [7, 11) is 0. The van der Waals surface area contributed by atoms with Crippen molar-refractivity contribution in [1.29, 1.82) is 0 Å². The number of nitrogens with zero attached hydrogens (tertiary/aromatic N) is 1. The van der Waals surface area contributed by atoms with Crippen molar-refractivity contribution < 1.29 is 4.74 Å². The third kappa shape index (κ3) is 5.16. The third-order valence-electron chi connectivity index (χ3n) is 3.76. The summed E-state index contributed by atoms with van der Waals surface area (Å²) in [5, 5.41) is 1.28. The first-order valence-electron chi connectivity index (χ1n) is 7.45. The zero-order valence-corrected chi connectivity index (χ0v) is 13.6. The summed E-state index contributed by atoms with van der Waals surface area (Å²) in [5.41, 5.74) is 0. The van der Waals surface area contributed by atoms with Crippen molar-refractivity contribution in [1.82, 2.24) is 4.90 Å². The van der Waals surface area contributed by atoms with Gasteiger partial charge in [0.25, 0.3) is 0 Å². The molecule has 1 atom stereocenters. The molecule has 1 aromatic carbocycles. The zero-order valence-electron chi connectivity index (χ0n) is 12.1. The Kier molecular flexibility index (Phi) is 6.47. The minimum atomic E-state index is 0.624. The molecule has 1 fully saturated rings. The maximum Gasteiger partial charge on any atom is 0.139 e. The lowest BCUT2D eigenvalue weighted by Gasteiger charge is -2.30. The van der Waals surface area contributed by atoms with Gasteiger partial charge in [0.2, 0.25) is 0 Å². The molecule has 0 radical (unpaired) electrons. The molecule has 20 heavy (non-hydrogen) atoms. The maximum absolute atomic E-state index is 6.05. The quantitative estimate of drug-likeness (QED) is 0.693. The van der Waals surface area contributed by atoms with E-state index in [4.69, 9.17) is 27.9 Å². The highest BCUT2D eigenvalue weighted by Gasteiger charge is 2.15. The first-order chi connectivity index (χ1) is 9.65. The lowest BCUT2D eigenvalue weighted by molar-refractivity contribution is 0.177. The van der Waals surface area contributed by atoms with Gasteiger partial charge in [0, 0.05) is 17.6 Å². The Morgan fingerprint density at radius 1 is 1.30 bits per heavy atom. The highest BCUT2D eigenvalue weighted by atomic mass is 35.5. The minimum Gasteiger partial charge on any atom is -0.492 e. The molecule has 1 aliphatic rings. The van der Waals surface area contributed by atoms with Crippen LogP contribution in [0.3, 0.4) is 0 Å². The highest BCUT2D eigenvalue weighted by molar-refractivity contribution is 6.34. The summed E-state index contributed by atoms with van der Waals surface area (Å²) in [6.07, 6.45) is 4.95. The van der Waals surface area contributed by atoms with Crippen LogP contribution in [-0.4, -0.2) is 31.1 Å². The van der Waals surface area contributed by atoms with E-state index in [1.54, 1.807) is 18.2 Å². The molecule has 0 spiro atoms. The number of rotatable bonds is 6. The molecule has 2 rings (SSSR count). The number of ether oxygens (including phenoxy) is 1. The second-order valence-corrected chi connectivity index (χ2v) is 6.52. The molecule has 0 bridgehead atoms. The fourth-order valence-electron chi connectivity index (χ4n) is 2.70. The lowest BCUT2D eigenvalue weighted by Crippen LogP contribution is -2.35. The fourth-order valence-corrected chi connectivity index (χ4v) is 3.03. The number of halogens is 2. The Hall–Kier alpha value is -0.440. The van der Waals surface area contributed by atoms with Crippen LogP contribution in [0.25, 0.3) is 0 Å². The van der Waals surface area contributed by atoms with Crippen LogP contribution >= 0.6 is 23.2 Å². The third-order valence-corrected chi connectivity index (χ3v) is 4.31. The maximum atomic E-state index is 6.05. The van der Waals surface area contributed by atoms with Crippen LogP contribution in [0.15, 0.2) is 18.2 Å². The molecule has 1 aliphatic heterocycles. The van der Waals surface area contributed by atoms with E-state index in [0.717, 1.165) is 12.3 Å². The predicted octanol–water partition coefficient (Wildman–Crippen LogP) is 4.88. The normalized spacial score (nSPS) is 20.1. The summed E-state index contributed by atoms with van der Waals surface area (Å²) in [5.74, 6) is 1.54. The Morgan fingerprint density at radius 3 is 2.95 bits per heavy atom. The first kappa shape index (κ1) is 15.9. The Labute approximate surface area is 132 Å². The fraction of sp³-hybridized carbons (Fsp3) is 0.625. The molecule has 4 heteroatoms. The number of hydrogen-bond donors (Lipinski definition) is 0. The summed E-state index contributed by atoms with van der Waals surface area (Å²) in [6, 6.07) is 5.32. The number of benzene rings is 1. The van der Waals surface area contributed by atoms with Crippen LogP contribution in [0.1, 0.15) is 32.6 Å². The molecule has 0 aromatic heterocycles. The number of piperidine rings is 1. The molecule has 2 nitrogen and oxygen atoms in total. The van der Waals surface area contributed by atoms with Gasteiger partial charge in [-0.3, -0.25) is 0 Å². The number of likely N-dealkylation sites (tertiary alicyclic amines) is 1. The monoisotopic (exact) mass is 315 g/mol. The van der Waals surface area contributed by atoms with Crippen LogP contribution in [-0.2, 0) is 0 Å². The van der Waals surface area contributed by atoms with Gasteiger partial charge >= 0.3 is 0 Å². The number of hydrogen-bond acceptors (Lipinski definition) is 2. The smallest absolute Gasteiger partial charge is 0.139 e. The van der Waals surface area contributed by atoms with Crippen LogP contribution < -0.4 is 4.74 Å². The molecule has 1 saturated heterocycles. The summed E-state index contributed by atoms with van der Waals surface area (Å²) < 4.78 is 5.69. The topological polar surface area (TPSA) is 12.5 Å². The van der Waals surface area contributed by atoms with Gasteiger partial charge in [-0.1, -0.05) is 30.1 Å². The van der Waals surface area contributed by atoms with E-state index in [1.807, 2.05) is 0 Å². The van der Waals surface area contributed by atoms with E-state index in [9.17, 15) is 0 Å². The summed E-state index contributed by atoms with van der Waals surface area (Å²) in [4.78, 5) is 2.57. The summed E-state index contributed by atoms with van der Waals surface area (Å²) >= 11 is 12.0. The molecule has 0 amide bonds. The van der Waals surface area contributed by atoms with E-state index in [2.05, 4.69) is 11.8 Å². The van der Waals surface area contributed by atoms with Crippen molar-refractivity contribution in [2.75, 3.05) is 26.2 Å². The van der Waals surface area contributed by atoms with Gasteiger partial charge in [0.1, 0.15) is 5.75 Å². The van der Waals surface area contributed by atoms with Gasteiger partial charge in [-0.05, 0) is 56.8 Å². The van der Waals surface area contributed by atoms with Gasteiger partial charge in [0.05, 0.1) is 11.6 Å². The van der Waals surface area contributed by atoms with E-state index in [-0.39, 0.29) is 0 Å². The van der Waals surface area contributed by atoms with E-state index >= 15 is 0 Å². The molecule has 1 aromatic rings. The predicted molar refractivity (Wildman–Crippen MR) is 86.0 cm³/mol. The van der Waals surface area contributed by atoms with Gasteiger partial charge in [-0.25, -0.2) is 0 Å². The largest absolute Gasteiger partial charge is 0.492 e. The van der Waals surface area contributed by atoms with Gasteiger partial charge in [0.15, 0.2) is 0 Å². The van der Waals surface area contributed by atoms with Crippen LogP contribution in [0, 0.1) is 5.92 Å². The molecule has 1 heterocycles. The van der Waals surface area contributed by atoms with Crippen molar-refractivity contribution in [2.24, 2.45) is 5.92 Å². The molecule has 0 unspecified atom stereocenters. The molecule has 0 saturated carbocycles. The van der Waals surface area contributed by atoms with Crippen LogP contribution in [0.4, 0.5) is 0 Å². The summed E-state index contributed by atoms with van der Waals surface area (Å²) in [6.45, 7) is 6.73. The molecular formula is C16H23Cl2NO. The SMILES string of the molecule is C[C@@H]1CCCN(CCCCOc2cc(Cl)ccc2Cl)C1. The average Bonchev–Trinajstić information content (AvgIpc) is 2.42. The van der Waals surface area contributed by atoms with E-state index < -0.39 is 0 Å². The Bertz CT molecular complexity index is 425. The van der Waals surface area contributed by atoms with E-state index in [1.165, 1.54) is 38.9 Å². The highest BCUT2D eigenvalue weighted by Crippen LogP contribution is 2.27. The van der Waals surface area contributed by atoms with Crippen LogP contribution in [0.5, 0.6) is 5.75 Å². The van der Waals surface area contributed by atoms with Crippen molar-refractivity contribution in [2.45, 2.75) is 32.6 Å². The second-order valence-electron chi connectivity index (χ2n) is 5.68. The minimum absolute atomic E-state index is 0.624. The van der Waals surface area contributed by atoms with Crippen molar-refractivity contribution in [3.8, 4) is 5.75 Å². The second kappa shape index (κ2) is 8.11. The molecule has 0 N–H and O–H groups in total. The molecule has 112 valence electrons. The zero-order chi connectivity index (χ0) is 14.4. The number of unbranched alkanes of at least 4 members (excludes halogenated alkanes) is 1. The first-order valence-corrected chi connectivity index (χ1v) is 8.21. The lowest BCUT2D eigenvalue weighted by atomic mass is 10.0. The molecular weight excluding hydrogens is 293 g/mol. The Morgan fingerprint density at radius 2 is 2.15 bits per heavy atom. The van der Waals surface area contributed by atoms with Gasteiger partial charge in [-0.2, -0.15) is 0 Å². The molecule has 0 aliphatic carbocycles. The average molecular weight is 316 g/mol. The van der Waals surface area contributed by atoms with Crippen molar-refractivity contribution in [3.05, 3.63) is 28.2 Å². The van der Waals surface area contributed by atoms with Gasteiger partial charge < -0.3 is 9.64 Å². The standard InChI is InChI=1S/C16H23Cl2NO/c1-13-5-4-9-19(12-13)8-2-3-10-20-16-11-14(17)6-7-15(16)18/h6-7,11,13H,2-5,8-10,12H2,1H3/t13-/m1/s1. The van der Waals surface area contributed by atoms with Crippen molar-refractivity contribution in [3.63, 3.8) is 0 Å². The van der Waals surface area contributed by atoms with E-state index in [0.29, 0.717) is 22.4 Å². The Balaban J connectivity index is 1.63. The van der Waals surface area contributed by atoms with Crippen molar-refractivity contribution >= 4 is 23.2 Å². The van der Waals surface area contributed by atoms with Crippen LogP contribution in [0.2, 0.25) is 10.0 Å². The van der Waals surface area contributed by atoms with Gasteiger partial charge in [-0.15, -0.1) is 0 Å².